The molecule has 0 saturated heterocycles. The van der Waals surface area contributed by atoms with Crippen molar-refractivity contribution in [3.63, 3.8) is 0 Å². The zero-order valence-electron chi connectivity index (χ0n) is 12.3. The summed E-state index contributed by atoms with van der Waals surface area (Å²) in [6.07, 6.45) is 3.67. The molecule has 0 saturated carbocycles. The van der Waals surface area contributed by atoms with Crippen molar-refractivity contribution in [1.82, 2.24) is 15.1 Å². The molecule has 1 N–H and O–H groups in total. The Labute approximate surface area is 127 Å². The fraction of sp³-hybridized carbons (Fsp3) is 0.429. The highest BCUT2D eigenvalue weighted by Gasteiger charge is 2.20. The maximum absolute atomic E-state index is 12.3. The van der Waals surface area contributed by atoms with E-state index in [1.165, 1.54) is 0 Å². The van der Waals surface area contributed by atoms with Crippen molar-refractivity contribution in [3.8, 4) is 0 Å². The number of aryl methyl sites for hydroxylation is 1. The Morgan fingerprint density at radius 2 is 2.33 bits per heavy atom. The van der Waals surface area contributed by atoms with Gasteiger partial charge in [0.2, 0.25) is 0 Å². The van der Waals surface area contributed by atoms with Crippen LogP contribution in [0.2, 0.25) is 0 Å². The van der Waals surface area contributed by atoms with Crippen LogP contribution in [0.5, 0.6) is 0 Å². The quantitative estimate of drug-likeness (QED) is 0.847. The summed E-state index contributed by atoms with van der Waals surface area (Å²) in [5.74, 6) is 1.58. The second-order valence-corrected chi connectivity index (χ2v) is 5.43. The van der Waals surface area contributed by atoms with Crippen LogP contribution in [-0.2, 0) is 17.5 Å². The zero-order chi connectivity index (χ0) is 15.2. The van der Waals surface area contributed by atoms with Gasteiger partial charge in [-0.2, -0.15) is 16.9 Å². The number of rotatable bonds is 7. The lowest BCUT2D eigenvalue weighted by Crippen LogP contribution is -2.32. The number of hydrogen-bond donors (Lipinski definition) is 1. The number of methoxy groups -OCH3 is 1. The lowest BCUT2D eigenvalue weighted by molar-refractivity contribution is 0.0863. The number of furan rings is 1. The molecule has 1 amide bonds. The van der Waals surface area contributed by atoms with Crippen LogP contribution in [0.4, 0.5) is 0 Å². The van der Waals surface area contributed by atoms with Crippen molar-refractivity contribution >= 4 is 17.7 Å². The molecule has 6 nitrogen and oxygen atoms in total. The second-order valence-electron chi connectivity index (χ2n) is 4.56. The number of ether oxygens (including phenoxy) is 1. The predicted octanol–water partition coefficient (Wildman–Crippen LogP) is 1.99. The molecule has 1 atom stereocenters. The highest BCUT2D eigenvalue weighted by atomic mass is 32.2. The van der Waals surface area contributed by atoms with Crippen LogP contribution in [0, 0.1) is 0 Å². The third kappa shape index (κ3) is 3.89. The lowest BCUT2D eigenvalue weighted by Gasteiger charge is -2.17. The molecule has 0 radical (unpaired) electrons. The summed E-state index contributed by atoms with van der Waals surface area (Å²) in [5, 5.41) is 7.02. The van der Waals surface area contributed by atoms with Gasteiger partial charge in [-0.25, -0.2) is 0 Å². The number of hydrogen-bond acceptors (Lipinski definition) is 5. The van der Waals surface area contributed by atoms with Gasteiger partial charge in [-0.3, -0.25) is 9.48 Å². The largest absolute Gasteiger partial charge is 0.455 e. The van der Waals surface area contributed by atoms with Crippen LogP contribution in [-0.4, -0.2) is 35.7 Å². The molecule has 1 unspecified atom stereocenters. The number of carbonyl (C=O) groups excluding carboxylic acids is 1. The Kier molecular flexibility index (Phi) is 5.46. The number of aromatic nitrogens is 2. The van der Waals surface area contributed by atoms with Gasteiger partial charge < -0.3 is 14.5 Å². The lowest BCUT2D eigenvalue weighted by atomic mass is 10.2. The molecule has 0 aliphatic heterocycles. The topological polar surface area (TPSA) is 69.3 Å². The van der Waals surface area contributed by atoms with E-state index in [1.54, 1.807) is 35.8 Å². The highest BCUT2D eigenvalue weighted by molar-refractivity contribution is 7.97. The van der Waals surface area contributed by atoms with Crippen molar-refractivity contribution in [2.45, 2.75) is 11.8 Å². The van der Waals surface area contributed by atoms with Gasteiger partial charge >= 0.3 is 0 Å². The van der Waals surface area contributed by atoms with Crippen LogP contribution >= 0.6 is 11.8 Å². The monoisotopic (exact) mass is 309 g/mol. The summed E-state index contributed by atoms with van der Waals surface area (Å²) in [6.45, 7) is 0.365. The van der Waals surface area contributed by atoms with Gasteiger partial charge in [0.15, 0.2) is 5.76 Å². The maximum atomic E-state index is 12.3. The fourth-order valence-electron chi connectivity index (χ4n) is 2.04. The molecule has 0 aromatic carbocycles. The average molecular weight is 309 g/mol. The molecule has 7 heteroatoms. The summed E-state index contributed by atoms with van der Waals surface area (Å²) in [5.41, 5.74) is 0.876. The highest BCUT2D eigenvalue weighted by Crippen LogP contribution is 2.16. The number of thioether (sulfide) groups is 1. The normalized spacial score (nSPS) is 12.3. The van der Waals surface area contributed by atoms with Crippen LogP contribution in [0.1, 0.15) is 28.1 Å². The Bertz CT molecular complexity index is 594. The standard InChI is InChI=1S/C14H19N3O3S/c1-17-12(6-7-15-17)11(8-19-2)16-14(18)13-5-4-10(20-13)9-21-3/h4-7,11H,8-9H2,1-3H3,(H,16,18). The minimum Gasteiger partial charge on any atom is -0.455 e. The predicted molar refractivity (Wildman–Crippen MR) is 81.2 cm³/mol. The molecule has 2 aromatic heterocycles. The van der Waals surface area contributed by atoms with Crippen LogP contribution in [0.25, 0.3) is 0 Å². The molecule has 0 spiro atoms. The van der Waals surface area contributed by atoms with E-state index < -0.39 is 0 Å². The van der Waals surface area contributed by atoms with Crippen molar-refractivity contribution in [1.29, 1.82) is 0 Å². The van der Waals surface area contributed by atoms with E-state index in [2.05, 4.69) is 10.4 Å². The Morgan fingerprint density at radius 1 is 1.52 bits per heavy atom. The van der Waals surface area contributed by atoms with Crippen molar-refractivity contribution in [3.05, 3.63) is 41.6 Å². The summed E-state index contributed by atoms with van der Waals surface area (Å²) in [7, 11) is 3.42. The molecule has 2 rings (SSSR count). The number of nitrogens with one attached hydrogen (secondary N) is 1. The molecule has 2 heterocycles. The first-order valence-corrected chi connectivity index (χ1v) is 7.90. The van der Waals surface area contributed by atoms with Crippen LogP contribution in [0.3, 0.4) is 0 Å². The first-order valence-electron chi connectivity index (χ1n) is 6.51. The van der Waals surface area contributed by atoms with Gasteiger partial charge in [0, 0.05) is 20.4 Å². The van der Waals surface area contributed by atoms with E-state index in [9.17, 15) is 4.79 Å². The van der Waals surface area contributed by atoms with Gasteiger partial charge in [0.05, 0.1) is 24.1 Å². The van der Waals surface area contributed by atoms with Crippen molar-refractivity contribution in [2.75, 3.05) is 20.0 Å². The second kappa shape index (κ2) is 7.33. The zero-order valence-corrected chi connectivity index (χ0v) is 13.1. The van der Waals surface area contributed by atoms with E-state index >= 15 is 0 Å². The molecule has 0 fully saturated rings. The summed E-state index contributed by atoms with van der Waals surface area (Å²) in [4.78, 5) is 12.3. The average Bonchev–Trinajstić information content (AvgIpc) is 3.08. The van der Waals surface area contributed by atoms with E-state index in [1.807, 2.05) is 25.4 Å². The molecule has 0 aliphatic carbocycles. The van der Waals surface area contributed by atoms with Gasteiger partial charge in [0.1, 0.15) is 5.76 Å². The van der Waals surface area contributed by atoms with E-state index in [4.69, 9.17) is 9.15 Å². The summed E-state index contributed by atoms with van der Waals surface area (Å²) >= 11 is 1.64. The molecule has 0 bridgehead atoms. The molecular weight excluding hydrogens is 290 g/mol. The number of carbonyl (C=O) groups is 1. The number of amides is 1. The van der Waals surface area contributed by atoms with Gasteiger partial charge in [-0.15, -0.1) is 0 Å². The van der Waals surface area contributed by atoms with Gasteiger partial charge in [-0.05, 0) is 24.5 Å². The molecule has 0 aliphatic rings. The first kappa shape index (κ1) is 15.7. The van der Waals surface area contributed by atoms with Crippen molar-refractivity contribution < 1.29 is 13.9 Å². The van der Waals surface area contributed by atoms with Crippen molar-refractivity contribution in [2.24, 2.45) is 7.05 Å². The van der Waals surface area contributed by atoms with E-state index in [0.717, 1.165) is 17.2 Å². The first-order chi connectivity index (χ1) is 10.2. The van der Waals surface area contributed by atoms with Gasteiger partial charge in [0.25, 0.3) is 5.91 Å². The van der Waals surface area contributed by atoms with E-state index in [0.29, 0.717) is 12.4 Å². The minimum absolute atomic E-state index is 0.259. The third-order valence-electron chi connectivity index (χ3n) is 3.03. The summed E-state index contributed by atoms with van der Waals surface area (Å²) < 4.78 is 12.4. The molecule has 114 valence electrons. The minimum atomic E-state index is -0.274. The Balaban J connectivity index is 2.09. The smallest absolute Gasteiger partial charge is 0.287 e. The Hall–Kier alpha value is -1.73. The number of nitrogens with zero attached hydrogens (tertiary/aromatic N) is 2. The van der Waals surface area contributed by atoms with Crippen LogP contribution < -0.4 is 5.32 Å². The SMILES string of the molecule is COCC(NC(=O)c1ccc(CSC)o1)c1ccnn1C. The molecule has 21 heavy (non-hydrogen) atoms. The van der Waals surface area contributed by atoms with Crippen LogP contribution in [0.15, 0.2) is 28.8 Å². The maximum Gasteiger partial charge on any atom is 0.287 e. The molecular formula is C14H19N3O3S. The Morgan fingerprint density at radius 3 is 2.95 bits per heavy atom. The third-order valence-corrected chi connectivity index (χ3v) is 3.60. The van der Waals surface area contributed by atoms with Gasteiger partial charge in [-0.1, -0.05) is 0 Å². The fourth-order valence-corrected chi connectivity index (χ4v) is 2.48. The summed E-state index contributed by atoms with van der Waals surface area (Å²) in [6, 6.07) is 5.09. The van der Waals surface area contributed by atoms with E-state index in [-0.39, 0.29) is 11.9 Å². The molecule has 2 aromatic rings.